The fourth-order valence-corrected chi connectivity index (χ4v) is 4.03. The van der Waals surface area contributed by atoms with Crippen molar-refractivity contribution in [3.63, 3.8) is 0 Å². The van der Waals surface area contributed by atoms with Gasteiger partial charge in [-0.2, -0.15) is 4.98 Å². The van der Waals surface area contributed by atoms with E-state index in [4.69, 9.17) is 4.42 Å². The van der Waals surface area contributed by atoms with Crippen molar-refractivity contribution >= 4 is 23.0 Å². The summed E-state index contributed by atoms with van der Waals surface area (Å²) in [6.45, 7) is 8.69. The fourth-order valence-electron chi connectivity index (χ4n) is 4.03. The Morgan fingerprint density at radius 3 is 2.54 bits per heavy atom. The van der Waals surface area contributed by atoms with Crippen LogP contribution in [0.1, 0.15) is 26.2 Å². The monoisotopic (exact) mass is 356 g/mol. The first-order valence-corrected chi connectivity index (χ1v) is 9.83. The second kappa shape index (κ2) is 7.66. The zero-order valence-corrected chi connectivity index (χ0v) is 15.6. The van der Waals surface area contributed by atoms with Crippen molar-refractivity contribution in [2.75, 3.05) is 50.7 Å². The molecule has 1 amide bonds. The Morgan fingerprint density at radius 2 is 1.85 bits per heavy atom. The van der Waals surface area contributed by atoms with Crippen LogP contribution in [0.3, 0.4) is 0 Å². The maximum absolute atomic E-state index is 12.7. The van der Waals surface area contributed by atoms with E-state index in [9.17, 15) is 4.79 Å². The van der Waals surface area contributed by atoms with Gasteiger partial charge in [-0.25, -0.2) is 0 Å². The van der Waals surface area contributed by atoms with Gasteiger partial charge in [0, 0.05) is 32.6 Å². The molecule has 0 radical (unpaired) electrons. The average molecular weight is 356 g/mol. The molecule has 26 heavy (non-hydrogen) atoms. The first-order valence-electron chi connectivity index (χ1n) is 9.83. The number of oxazole rings is 1. The third-order valence-corrected chi connectivity index (χ3v) is 5.80. The smallest absolute Gasteiger partial charge is 0.298 e. The second-order valence-electron chi connectivity index (χ2n) is 7.41. The molecule has 140 valence electrons. The average Bonchev–Trinajstić information content (AvgIpc) is 3.13. The largest absolute Gasteiger partial charge is 0.423 e. The molecule has 3 heterocycles. The third-order valence-electron chi connectivity index (χ3n) is 5.80. The molecule has 2 aliphatic rings. The molecule has 4 rings (SSSR count). The Bertz CT molecular complexity index is 710. The van der Waals surface area contributed by atoms with Gasteiger partial charge in [0.2, 0.25) is 5.91 Å². The van der Waals surface area contributed by atoms with Gasteiger partial charge >= 0.3 is 0 Å². The molecule has 2 fully saturated rings. The molecule has 0 bridgehead atoms. The number of hydrogen-bond donors (Lipinski definition) is 0. The van der Waals surface area contributed by atoms with Crippen molar-refractivity contribution in [2.24, 2.45) is 5.92 Å². The van der Waals surface area contributed by atoms with E-state index in [0.717, 1.165) is 69.8 Å². The van der Waals surface area contributed by atoms with Crippen molar-refractivity contribution in [2.45, 2.75) is 26.2 Å². The highest BCUT2D eigenvalue weighted by molar-refractivity contribution is 5.77. The van der Waals surface area contributed by atoms with Gasteiger partial charge < -0.3 is 19.1 Å². The number of benzene rings is 1. The zero-order chi connectivity index (χ0) is 17.9. The van der Waals surface area contributed by atoms with Gasteiger partial charge in [0.05, 0.1) is 0 Å². The highest BCUT2D eigenvalue weighted by Gasteiger charge is 2.27. The highest BCUT2D eigenvalue weighted by atomic mass is 16.4. The van der Waals surface area contributed by atoms with Crippen molar-refractivity contribution in [1.82, 2.24) is 14.8 Å². The van der Waals surface area contributed by atoms with E-state index in [1.807, 2.05) is 29.2 Å². The zero-order valence-electron chi connectivity index (χ0n) is 15.6. The molecule has 0 saturated carbocycles. The second-order valence-corrected chi connectivity index (χ2v) is 7.41. The van der Waals surface area contributed by atoms with E-state index < -0.39 is 0 Å². The molecular weight excluding hydrogens is 328 g/mol. The normalized spacial score (nSPS) is 20.0. The molecule has 2 aliphatic heterocycles. The summed E-state index contributed by atoms with van der Waals surface area (Å²) in [5.41, 5.74) is 1.71. The van der Waals surface area contributed by atoms with Crippen molar-refractivity contribution in [1.29, 1.82) is 0 Å². The Balaban J connectivity index is 1.28. The predicted octanol–water partition coefficient (Wildman–Crippen LogP) is 2.60. The summed E-state index contributed by atoms with van der Waals surface area (Å²) in [6.07, 6.45) is 3.02. The quantitative estimate of drug-likeness (QED) is 0.843. The van der Waals surface area contributed by atoms with Crippen molar-refractivity contribution in [3.8, 4) is 0 Å². The van der Waals surface area contributed by atoms with E-state index >= 15 is 0 Å². The molecule has 0 atom stereocenters. The molecule has 6 nitrogen and oxygen atoms in total. The molecule has 1 aromatic carbocycles. The van der Waals surface area contributed by atoms with Gasteiger partial charge in [0.15, 0.2) is 5.58 Å². The Kier molecular flexibility index (Phi) is 5.11. The van der Waals surface area contributed by atoms with Crippen molar-refractivity contribution in [3.05, 3.63) is 24.3 Å². The van der Waals surface area contributed by atoms with Crippen LogP contribution in [0, 0.1) is 5.92 Å². The van der Waals surface area contributed by atoms with Crippen molar-refractivity contribution < 1.29 is 9.21 Å². The van der Waals surface area contributed by atoms with Crippen LogP contribution in [-0.2, 0) is 4.79 Å². The van der Waals surface area contributed by atoms with Crippen LogP contribution in [-0.4, -0.2) is 66.5 Å². The highest BCUT2D eigenvalue weighted by Crippen LogP contribution is 2.24. The fraction of sp³-hybridized carbons (Fsp3) is 0.600. The number of anilines is 1. The van der Waals surface area contributed by atoms with Gasteiger partial charge in [-0.15, -0.1) is 0 Å². The van der Waals surface area contributed by atoms with Crippen LogP contribution in [0.5, 0.6) is 0 Å². The molecule has 0 N–H and O–H groups in total. The Morgan fingerprint density at radius 1 is 1.12 bits per heavy atom. The number of hydrogen-bond acceptors (Lipinski definition) is 5. The molecule has 2 aromatic rings. The molecule has 0 aliphatic carbocycles. The van der Waals surface area contributed by atoms with E-state index in [1.165, 1.54) is 0 Å². The van der Waals surface area contributed by atoms with Crippen LogP contribution in [0.15, 0.2) is 28.7 Å². The predicted molar refractivity (Wildman–Crippen MR) is 102 cm³/mol. The number of carbonyl (C=O) groups is 1. The SMILES string of the molecule is CCN1CCC(CC(=O)N2CCN(c3nc4ccccc4o3)CC2)CC1. The van der Waals surface area contributed by atoms with Gasteiger partial charge in [0.25, 0.3) is 6.01 Å². The number of nitrogens with zero attached hydrogens (tertiary/aromatic N) is 4. The molecule has 6 heteroatoms. The number of fused-ring (bicyclic) bond motifs is 1. The van der Waals surface area contributed by atoms with Crippen LogP contribution in [0.2, 0.25) is 0 Å². The summed E-state index contributed by atoms with van der Waals surface area (Å²) in [4.78, 5) is 23.9. The van der Waals surface area contributed by atoms with Crippen LogP contribution < -0.4 is 4.90 Å². The number of carbonyl (C=O) groups excluding carboxylic acids is 1. The van der Waals surface area contributed by atoms with E-state index in [2.05, 4.69) is 21.7 Å². The number of amides is 1. The maximum atomic E-state index is 12.7. The number of likely N-dealkylation sites (tertiary alicyclic amines) is 1. The van der Waals surface area contributed by atoms with Crippen LogP contribution in [0.25, 0.3) is 11.1 Å². The lowest BCUT2D eigenvalue weighted by atomic mass is 9.93. The number of piperidine rings is 1. The molecule has 0 unspecified atom stereocenters. The van der Waals surface area contributed by atoms with Gasteiger partial charge in [-0.05, 0) is 50.5 Å². The minimum atomic E-state index is 0.317. The first-order chi connectivity index (χ1) is 12.7. The summed E-state index contributed by atoms with van der Waals surface area (Å²) in [6, 6.07) is 8.50. The topological polar surface area (TPSA) is 52.8 Å². The number of aromatic nitrogens is 1. The van der Waals surface area contributed by atoms with E-state index in [0.29, 0.717) is 24.3 Å². The number of piperazine rings is 1. The van der Waals surface area contributed by atoms with E-state index in [1.54, 1.807) is 0 Å². The maximum Gasteiger partial charge on any atom is 0.298 e. The minimum absolute atomic E-state index is 0.317. The van der Waals surface area contributed by atoms with Gasteiger partial charge in [-0.1, -0.05) is 19.1 Å². The summed E-state index contributed by atoms with van der Waals surface area (Å²) in [7, 11) is 0. The van der Waals surface area contributed by atoms with Crippen LogP contribution >= 0.6 is 0 Å². The van der Waals surface area contributed by atoms with Crippen LogP contribution in [0.4, 0.5) is 6.01 Å². The molecule has 2 saturated heterocycles. The third kappa shape index (κ3) is 3.70. The Labute approximate surface area is 154 Å². The number of rotatable bonds is 4. The van der Waals surface area contributed by atoms with Gasteiger partial charge in [0.1, 0.15) is 5.52 Å². The summed E-state index contributed by atoms with van der Waals surface area (Å²) >= 11 is 0. The lowest BCUT2D eigenvalue weighted by Crippen LogP contribution is -2.49. The number of para-hydroxylation sites is 2. The van der Waals surface area contributed by atoms with E-state index in [-0.39, 0.29) is 0 Å². The Hall–Kier alpha value is -2.08. The lowest BCUT2D eigenvalue weighted by molar-refractivity contribution is -0.132. The molecule has 0 spiro atoms. The van der Waals surface area contributed by atoms with Gasteiger partial charge in [-0.3, -0.25) is 4.79 Å². The molecular formula is C20H28N4O2. The lowest BCUT2D eigenvalue weighted by Gasteiger charge is -2.36. The summed E-state index contributed by atoms with van der Waals surface area (Å²) in [5.74, 6) is 0.873. The standard InChI is InChI=1S/C20H28N4O2/c1-2-22-9-7-16(8-10-22)15-19(25)23-11-13-24(14-12-23)20-21-17-5-3-4-6-18(17)26-20/h3-6,16H,2,7-15H2,1H3. The molecule has 1 aromatic heterocycles. The summed E-state index contributed by atoms with van der Waals surface area (Å²) in [5, 5.41) is 0. The minimum Gasteiger partial charge on any atom is -0.423 e. The first kappa shape index (κ1) is 17.3. The summed E-state index contributed by atoms with van der Waals surface area (Å²) < 4.78 is 5.85.